The number of hydrogen-bond donors (Lipinski definition) is 0. The van der Waals surface area contributed by atoms with Gasteiger partial charge in [0.2, 0.25) is 0 Å². The normalized spacial score (nSPS) is 12.5. The van der Waals surface area contributed by atoms with Crippen LogP contribution in [0.2, 0.25) is 0 Å². The summed E-state index contributed by atoms with van der Waals surface area (Å²) in [6.07, 6.45) is 0. The molecule has 81 heavy (non-hydrogen) atoms. The van der Waals surface area contributed by atoms with Crippen molar-refractivity contribution >= 4 is 31.5 Å². The summed E-state index contributed by atoms with van der Waals surface area (Å²) in [5.74, 6) is 0. The standard InChI is InChI=1S/C79H63NS/c1-77(2,3)70-45-71(78(4,5)6)74(50-35-39-60-56-25-11-10-21-52(56)53-22-12-15-26-57(53)66-41-47(46-80)33-37-63(66)69(60)44-50)75(79(7,8)9)73(70)49-36-40-62-61-38-34-48(51-30-20-31-65-64-29-18-19-32-72(64)81-76(51)65)42-67(61)58-27-16-13-23-54(58)55-24-14-17-28-59(55)68(62)43-49/h10-45H,1-9H3. The molecule has 2 aliphatic carbocycles. The minimum Gasteiger partial charge on any atom is -0.192 e. The van der Waals surface area contributed by atoms with E-state index in [2.05, 4.69) is 281 Å². The maximum Gasteiger partial charge on any atom is 0.0991 e. The van der Waals surface area contributed by atoms with E-state index < -0.39 is 0 Å². The number of benzene rings is 11. The van der Waals surface area contributed by atoms with Crippen molar-refractivity contribution in [3.8, 4) is 128 Å². The summed E-state index contributed by atoms with van der Waals surface area (Å²) in [4.78, 5) is 0. The van der Waals surface area contributed by atoms with Gasteiger partial charge in [-0.05, 0) is 192 Å². The van der Waals surface area contributed by atoms with Gasteiger partial charge in [0, 0.05) is 20.2 Å². The molecular weight excluding hydrogens is 995 g/mol. The first-order valence-corrected chi connectivity index (χ1v) is 29.4. The van der Waals surface area contributed by atoms with Crippen molar-refractivity contribution in [2.24, 2.45) is 0 Å². The Hall–Kier alpha value is -8.87. The second kappa shape index (κ2) is 18.6. The third-order valence-corrected chi connectivity index (χ3v) is 18.4. The Kier molecular flexibility index (Phi) is 11.6. The van der Waals surface area contributed by atoms with Gasteiger partial charge in [-0.25, -0.2) is 0 Å². The summed E-state index contributed by atoms with van der Waals surface area (Å²) in [6, 6.07) is 84.5. The Morgan fingerprint density at radius 1 is 0.296 bits per heavy atom. The predicted molar refractivity (Wildman–Crippen MR) is 347 cm³/mol. The second-order valence-electron chi connectivity index (χ2n) is 25.5. The molecule has 0 bridgehead atoms. The molecule has 0 saturated heterocycles. The topological polar surface area (TPSA) is 23.8 Å². The molecule has 0 atom stereocenters. The molecule has 1 heterocycles. The second-order valence-corrected chi connectivity index (χ2v) is 26.5. The van der Waals surface area contributed by atoms with Crippen LogP contribution >= 0.6 is 11.3 Å². The summed E-state index contributed by atoms with van der Waals surface area (Å²) >= 11 is 1.89. The van der Waals surface area contributed by atoms with Crippen molar-refractivity contribution in [1.82, 2.24) is 0 Å². The summed E-state index contributed by atoms with van der Waals surface area (Å²) in [5, 5.41) is 13.0. The molecule has 1 nitrogen and oxygen atoms in total. The van der Waals surface area contributed by atoms with Crippen LogP contribution in [0.4, 0.5) is 0 Å². The lowest BCUT2D eigenvalue weighted by Gasteiger charge is -2.37. The van der Waals surface area contributed by atoms with Crippen molar-refractivity contribution in [3.63, 3.8) is 0 Å². The fourth-order valence-electron chi connectivity index (χ4n) is 13.6. The summed E-state index contributed by atoms with van der Waals surface area (Å²) < 4.78 is 2.64. The van der Waals surface area contributed by atoms with Crippen molar-refractivity contribution in [3.05, 3.63) is 241 Å². The third-order valence-electron chi connectivity index (χ3n) is 17.2. The molecule has 390 valence electrons. The van der Waals surface area contributed by atoms with Crippen molar-refractivity contribution < 1.29 is 0 Å². The first kappa shape index (κ1) is 50.4. The zero-order valence-electron chi connectivity index (χ0n) is 47.6. The molecule has 2 heteroatoms. The average molecular weight is 1060 g/mol. The van der Waals surface area contributed by atoms with Crippen LogP contribution in [0.1, 0.15) is 84.6 Å². The Bertz CT molecular complexity index is 4640. The Morgan fingerprint density at radius 2 is 0.642 bits per heavy atom. The van der Waals surface area contributed by atoms with Crippen LogP contribution in [-0.4, -0.2) is 0 Å². The van der Waals surface area contributed by atoms with E-state index in [0.717, 1.165) is 22.3 Å². The smallest absolute Gasteiger partial charge is 0.0991 e. The van der Waals surface area contributed by atoms with E-state index in [9.17, 15) is 5.26 Å². The van der Waals surface area contributed by atoms with E-state index in [-0.39, 0.29) is 16.2 Å². The molecule has 0 unspecified atom stereocenters. The maximum absolute atomic E-state index is 10.3. The number of hydrogen-bond acceptors (Lipinski definition) is 2. The van der Waals surface area contributed by atoms with Gasteiger partial charge < -0.3 is 0 Å². The zero-order chi connectivity index (χ0) is 55.7. The van der Waals surface area contributed by atoms with E-state index in [1.54, 1.807) is 0 Å². The molecule has 12 aromatic rings. The van der Waals surface area contributed by atoms with Crippen molar-refractivity contribution in [2.45, 2.75) is 78.6 Å². The third kappa shape index (κ3) is 8.16. The molecule has 0 N–H and O–H groups in total. The van der Waals surface area contributed by atoms with Gasteiger partial charge in [-0.2, -0.15) is 5.26 Å². The number of nitriles is 1. The molecular formula is C79H63NS. The number of rotatable bonds is 3. The number of nitrogens with zero attached hydrogens (tertiary/aromatic N) is 1. The van der Waals surface area contributed by atoms with Gasteiger partial charge in [-0.3, -0.25) is 0 Å². The first-order chi connectivity index (χ1) is 39.0. The maximum atomic E-state index is 10.3. The van der Waals surface area contributed by atoms with Crippen LogP contribution in [0.5, 0.6) is 0 Å². The van der Waals surface area contributed by atoms with Crippen LogP contribution in [0, 0.1) is 11.3 Å². The molecule has 0 spiro atoms. The lowest BCUT2D eigenvalue weighted by Crippen LogP contribution is -2.25. The van der Waals surface area contributed by atoms with Crippen LogP contribution in [-0.2, 0) is 16.2 Å². The van der Waals surface area contributed by atoms with Crippen molar-refractivity contribution in [2.75, 3.05) is 0 Å². The predicted octanol–water partition coefficient (Wildman–Crippen LogP) is 22.8. The lowest BCUT2D eigenvalue weighted by atomic mass is 9.66. The van der Waals surface area contributed by atoms with Gasteiger partial charge >= 0.3 is 0 Å². The van der Waals surface area contributed by atoms with Gasteiger partial charge in [0.15, 0.2) is 0 Å². The Balaban J connectivity index is 1.04. The summed E-state index contributed by atoms with van der Waals surface area (Å²) in [7, 11) is 0. The molecule has 0 saturated carbocycles. The first-order valence-electron chi connectivity index (χ1n) is 28.5. The van der Waals surface area contributed by atoms with Gasteiger partial charge in [-0.15, -0.1) is 11.3 Å². The Morgan fingerprint density at radius 3 is 1.09 bits per heavy atom. The van der Waals surface area contributed by atoms with E-state index >= 15 is 0 Å². The van der Waals surface area contributed by atoms with Gasteiger partial charge in [0.25, 0.3) is 0 Å². The van der Waals surface area contributed by atoms with Gasteiger partial charge in [0.1, 0.15) is 0 Å². The minimum absolute atomic E-state index is 0.213. The molecule has 11 aromatic carbocycles. The minimum atomic E-state index is -0.303. The van der Waals surface area contributed by atoms with Crippen LogP contribution in [0.25, 0.3) is 143 Å². The van der Waals surface area contributed by atoms with Crippen molar-refractivity contribution in [1.29, 1.82) is 5.26 Å². The van der Waals surface area contributed by atoms with Crippen LogP contribution in [0.3, 0.4) is 0 Å². The van der Waals surface area contributed by atoms with E-state index in [4.69, 9.17) is 0 Å². The largest absolute Gasteiger partial charge is 0.192 e. The SMILES string of the molecule is CC(C)(C)c1cc(C(C)(C)C)c(-c2ccc3c(c2)-c2ccc(C#N)cc2-c2ccccc2-c2ccccc2-3)c(C(C)(C)C)c1-c1ccc2c(c1)-c1ccccc1-c1ccccc1-c1cc(-c3cccc4c3sc3ccccc34)ccc1-2. The molecule has 2 aliphatic rings. The fraction of sp³-hybridized carbons (Fsp3) is 0.152. The zero-order valence-corrected chi connectivity index (χ0v) is 48.5. The van der Waals surface area contributed by atoms with Crippen LogP contribution < -0.4 is 0 Å². The quantitative estimate of drug-likeness (QED) is 0.173. The van der Waals surface area contributed by atoms with E-state index in [0.29, 0.717) is 5.56 Å². The fourth-order valence-corrected chi connectivity index (χ4v) is 14.8. The molecule has 0 aliphatic heterocycles. The molecule has 1 aromatic heterocycles. The highest BCUT2D eigenvalue weighted by Gasteiger charge is 2.36. The summed E-state index contributed by atoms with van der Waals surface area (Å²) in [5.41, 5.74) is 30.5. The van der Waals surface area contributed by atoms with Crippen LogP contribution in [0.15, 0.2) is 218 Å². The highest BCUT2D eigenvalue weighted by atomic mass is 32.1. The number of fused-ring (bicyclic) bond motifs is 19. The molecule has 0 amide bonds. The summed E-state index contributed by atoms with van der Waals surface area (Å²) in [6.45, 7) is 21.6. The molecule has 14 rings (SSSR count). The highest BCUT2D eigenvalue weighted by molar-refractivity contribution is 7.26. The Labute approximate surface area is 481 Å². The lowest BCUT2D eigenvalue weighted by molar-refractivity contribution is 0.553. The average Bonchev–Trinajstić information content (AvgIpc) is 4.00. The highest BCUT2D eigenvalue weighted by Crippen LogP contribution is 2.56. The number of thiophene rings is 1. The van der Waals surface area contributed by atoms with Gasteiger partial charge in [0.05, 0.1) is 11.6 Å². The van der Waals surface area contributed by atoms with Gasteiger partial charge in [-0.1, -0.05) is 244 Å². The van der Waals surface area contributed by atoms with E-state index in [1.165, 1.54) is 137 Å². The monoisotopic (exact) mass is 1060 g/mol. The molecule has 0 radical (unpaired) electrons. The van der Waals surface area contributed by atoms with E-state index in [1.807, 2.05) is 17.4 Å². The molecule has 0 fully saturated rings.